The SMILES string of the molecule is COc1ccc(OC)c(CC(=O)N2CCC(C(=O)O)CC2)c1. The molecule has 0 radical (unpaired) electrons. The maximum Gasteiger partial charge on any atom is 0.306 e. The molecule has 6 heteroatoms. The third kappa shape index (κ3) is 3.69. The second-order valence-corrected chi connectivity index (χ2v) is 5.35. The molecule has 1 aliphatic rings. The zero-order valence-electron chi connectivity index (χ0n) is 12.9. The maximum atomic E-state index is 12.4. The Bertz CT molecular complexity index is 549. The molecule has 1 fully saturated rings. The van der Waals surface area contributed by atoms with Crippen molar-refractivity contribution >= 4 is 11.9 Å². The van der Waals surface area contributed by atoms with Crippen molar-refractivity contribution in [2.24, 2.45) is 5.92 Å². The Morgan fingerprint density at radius 3 is 2.45 bits per heavy atom. The van der Waals surface area contributed by atoms with Crippen LogP contribution in [0, 0.1) is 5.92 Å². The zero-order chi connectivity index (χ0) is 16.1. The highest BCUT2D eigenvalue weighted by atomic mass is 16.5. The first-order valence-corrected chi connectivity index (χ1v) is 7.26. The van der Waals surface area contributed by atoms with Crippen LogP contribution in [0.2, 0.25) is 0 Å². The number of nitrogens with zero attached hydrogens (tertiary/aromatic N) is 1. The van der Waals surface area contributed by atoms with Crippen LogP contribution < -0.4 is 9.47 Å². The van der Waals surface area contributed by atoms with Crippen molar-refractivity contribution in [1.82, 2.24) is 4.90 Å². The fourth-order valence-corrected chi connectivity index (χ4v) is 2.67. The first kappa shape index (κ1) is 16.1. The number of rotatable bonds is 5. The van der Waals surface area contributed by atoms with Gasteiger partial charge in [-0.1, -0.05) is 0 Å². The number of benzene rings is 1. The van der Waals surface area contributed by atoms with E-state index in [1.807, 2.05) is 0 Å². The highest BCUT2D eigenvalue weighted by Crippen LogP contribution is 2.25. The Hall–Kier alpha value is -2.24. The van der Waals surface area contributed by atoms with Gasteiger partial charge in [-0.2, -0.15) is 0 Å². The van der Waals surface area contributed by atoms with Gasteiger partial charge >= 0.3 is 5.97 Å². The smallest absolute Gasteiger partial charge is 0.306 e. The van der Waals surface area contributed by atoms with Gasteiger partial charge in [0.1, 0.15) is 11.5 Å². The summed E-state index contributed by atoms with van der Waals surface area (Å²) >= 11 is 0. The van der Waals surface area contributed by atoms with Crippen molar-refractivity contribution in [2.75, 3.05) is 27.3 Å². The molecule has 1 aromatic carbocycles. The summed E-state index contributed by atoms with van der Waals surface area (Å²) in [5.41, 5.74) is 0.771. The molecule has 2 rings (SSSR count). The van der Waals surface area contributed by atoms with Crippen LogP contribution in [0.1, 0.15) is 18.4 Å². The van der Waals surface area contributed by atoms with E-state index in [4.69, 9.17) is 14.6 Å². The molecule has 0 spiro atoms. The lowest BCUT2D eigenvalue weighted by Crippen LogP contribution is -2.41. The molecular weight excluding hydrogens is 286 g/mol. The van der Waals surface area contributed by atoms with E-state index in [9.17, 15) is 9.59 Å². The van der Waals surface area contributed by atoms with Gasteiger partial charge in [-0.25, -0.2) is 0 Å². The molecule has 1 aliphatic heterocycles. The number of hydrogen-bond acceptors (Lipinski definition) is 4. The minimum atomic E-state index is -0.776. The Morgan fingerprint density at radius 1 is 1.23 bits per heavy atom. The topological polar surface area (TPSA) is 76.1 Å². The first-order valence-electron chi connectivity index (χ1n) is 7.26. The summed E-state index contributed by atoms with van der Waals surface area (Å²) < 4.78 is 10.5. The number of carboxylic acid groups (broad SMARTS) is 1. The van der Waals surface area contributed by atoms with Crippen LogP contribution in [0.4, 0.5) is 0 Å². The fraction of sp³-hybridized carbons (Fsp3) is 0.500. The summed E-state index contributed by atoms with van der Waals surface area (Å²) in [5.74, 6) is 0.190. The van der Waals surface area contributed by atoms with Gasteiger partial charge in [0.25, 0.3) is 0 Å². The Labute approximate surface area is 129 Å². The van der Waals surface area contributed by atoms with Crippen LogP contribution in [0.3, 0.4) is 0 Å². The molecule has 0 atom stereocenters. The van der Waals surface area contributed by atoms with E-state index >= 15 is 0 Å². The summed E-state index contributed by atoms with van der Waals surface area (Å²) in [6.07, 6.45) is 1.24. The van der Waals surface area contributed by atoms with Gasteiger partial charge in [0, 0.05) is 18.7 Å². The number of amides is 1. The normalized spacial score (nSPS) is 15.5. The van der Waals surface area contributed by atoms with Gasteiger partial charge in [-0.05, 0) is 31.0 Å². The monoisotopic (exact) mass is 307 g/mol. The number of piperidine rings is 1. The fourth-order valence-electron chi connectivity index (χ4n) is 2.67. The Kier molecular flexibility index (Phi) is 5.25. The molecule has 1 heterocycles. The number of carboxylic acids is 1. The highest BCUT2D eigenvalue weighted by molar-refractivity contribution is 5.80. The summed E-state index contributed by atoms with van der Waals surface area (Å²) in [4.78, 5) is 25.1. The van der Waals surface area contributed by atoms with E-state index in [2.05, 4.69) is 0 Å². The standard InChI is InChI=1S/C16H21NO5/c1-21-13-3-4-14(22-2)12(9-13)10-15(18)17-7-5-11(6-8-17)16(19)20/h3-4,9,11H,5-8,10H2,1-2H3,(H,19,20). The first-order chi connectivity index (χ1) is 10.5. The second-order valence-electron chi connectivity index (χ2n) is 5.35. The van der Waals surface area contributed by atoms with Crippen LogP contribution >= 0.6 is 0 Å². The van der Waals surface area contributed by atoms with Gasteiger partial charge in [0.15, 0.2) is 0 Å². The molecule has 1 amide bonds. The Balaban J connectivity index is 2.02. The molecule has 0 bridgehead atoms. The number of methoxy groups -OCH3 is 2. The van der Waals surface area contributed by atoms with Gasteiger partial charge in [0.05, 0.1) is 26.6 Å². The lowest BCUT2D eigenvalue weighted by atomic mass is 9.96. The second kappa shape index (κ2) is 7.15. The molecule has 120 valence electrons. The zero-order valence-corrected chi connectivity index (χ0v) is 12.9. The van der Waals surface area contributed by atoms with Gasteiger partial charge in [0.2, 0.25) is 5.91 Å². The number of aliphatic carboxylic acids is 1. The largest absolute Gasteiger partial charge is 0.497 e. The minimum absolute atomic E-state index is 0.0182. The average molecular weight is 307 g/mol. The average Bonchev–Trinajstić information content (AvgIpc) is 2.54. The molecule has 0 saturated carbocycles. The number of likely N-dealkylation sites (tertiary alicyclic amines) is 1. The predicted molar refractivity (Wildman–Crippen MR) is 80.2 cm³/mol. The predicted octanol–water partition coefficient (Wildman–Crippen LogP) is 1.57. The van der Waals surface area contributed by atoms with Gasteiger partial charge in [-0.3, -0.25) is 9.59 Å². The number of ether oxygens (including phenoxy) is 2. The summed E-state index contributed by atoms with van der Waals surface area (Å²) in [6, 6.07) is 5.35. The van der Waals surface area contributed by atoms with Crippen LogP contribution in [-0.4, -0.2) is 49.2 Å². The summed E-state index contributed by atoms with van der Waals surface area (Å²) in [6.45, 7) is 0.976. The van der Waals surface area contributed by atoms with Crippen molar-refractivity contribution in [2.45, 2.75) is 19.3 Å². The third-order valence-corrected chi connectivity index (χ3v) is 4.03. The quantitative estimate of drug-likeness (QED) is 0.893. The maximum absolute atomic E-state index is 12.4. The van der Waals surface area contributed by atoms with E-state index in [0.29, 0.717) is 37.4 Å². The molecule has 0 aliphatic carbocycles. The number of hydrogen-bond donors (Lipinski definition) is 1. The molecular formula is C16H21NO5. The number of carbonyl (C=O) groups is 2. The van der Waals surface area contributed by atoms with Crippen molar-refractivity contribution in [3.8, 4) is 11.5 Å². The van der Waals surface area contributed by atoms with Gasteiger partial charge < -0.3 is 19.5 Å². The number of carbonyl (C=O) groups excluding carboxylic acids is 1. The van der Waals surface area contributed by atoms with Crippen LogP contribution in [-0.2, 0) is 16.0 Å². The van der Waals surface area contributed by atoms with E-state index in [0.717, 1.165) is 5.56 Å². The van der Waals surface area contributed by atoms with Crippen molar-refractivity contribution < 1.29 is 24.2 Å². The highest BCUT2D eigenvalue weighted by Gasteiger charge is 2.27. The molecule has 1 N–H and O–H groups in total. The molecule has 0 unspecified atom stereocenters. The van der Waals surface area contributed by atoms with Crippen molar-refractivity contribution in [3.05, 3.63) is 23.8 Å². The van der Waals surface area contributed by atoms with Crippen LogP contribution in [0.15, 0.2) is 18.2 Å². The van der Waals surface area contributed by atoms with Crippen molar-refractivity contribution in [3.63, 3.8) is 0 Å². The van der Waals surface area contributed by atoms with Crippen LogP contribution in [0.25, 0.3) is 0 Å². The third-order valence-electron chi connectivity index (χ3n) is 4.03. The molecule has 1 saturated heterocycles. The van der Waals surface area contributed by atoms with Crippen LogP contribution in [0.5, 0.6) is 11.5 Å². The molecule has 0 aromatic heterocycles. The van der Waals surface area contributed by atoms with Gasteiger partial charge in [-0.15, -0.1) is 0 Å². The van der Waals surface area contributed by atoms with E-state index in [-0.39, 0.29) is 18.2 Å². The van der Waals surface area contributed by atoms with E-state index < -0.39 is 5.97 Å². The van der Waals surface area contributed by atoms with E-state index in [1.165, 1.54) is 0 Å². The lowest BCUT2D eigenvalue weighted by molar-refractivity contribution is -0.145. The minimum Gasteiger partial charge on any atom is -0.497 e. The molecule has 22 heavy (non-hydrogen) atoms. The van der Waals surface area contributed by atoms with E-state index in [1.54, 1.807) is 37.3 Å². The molecule has 1 aromatic rings. The molecule has 6 nitrogen and oxygen atoms in total. The summed E-state index contributed by atoms with van der Waals surface area (Å²) in [5, 5.41) is 8.99. The van der Waals surface area contributed by atoms with Crippen molar-refractivity contribution in [1.29, 1.82) is 0 Å². The summed E-state index contributed by atoms with van der Waals surface area (Å²) in [7, 11) is 3.14. The Morgan fingerprint density at radius 2 is 1.91 bits per heavy atom. The lowest BCUT2D eigenvalue weighted by Gasteiger charge is -2.30.